The molecular formula is C30H36Co2N9O8. The summed E-state index contributed by atoms with van der Waals surface area (Å²) in [4.78, 5) is 22.7. The van der Waals surface area contributed by atoms with Gasteiger partial charge in [0.2, 0.25) is 0 Å². The Bertz CT molecular complexity index is 1400. The Morgan fingerprint density at radius 3 is 1.55 bits per heavy atom. The number of ether oxygens (including phenoxy) is 2. The third kappa shape index (κ3) is 19.6. The summed E-state index contributed by atoms with van der Waals surface area (Å²) in [5.41, 5.74) is 27.9. The number of carboxylic acid groups (broad SMARTS) is 1. The molecule has 0 heterocycles. The number of hydrogen-bond donors (Lipinski definition) is 2. The van der Waals surface area contributed by atoms with Gasteiger partial charge >= 0.3 is 33.6 Å². The number of nitrogens with one attached hydrogen (secondary N) is 2. The van der Waals surface area contributed by atoms with E-state index in [1.165, 1.54) is 28.0 Å². The van der Waals surface area contributed by atoms with Gasteiger partial charge in [-0.15, -0.1) is 0 Å². The number of aromatic carboxylic acids is 1. The average molecular weight is 769 g/mol. The van der Waals surface area contributed by atoms with E-state index < -0.39 is 10.9 Å². The number of carboxylic acids is 1. The van der Waals surface area contributed by atoms with Crippen LogP contribution in [0.4, 0.5) is 5.69 Å². The molecule has 2 N–H and O–H groups in total. The van der Waals surface area contributed by atoms with Crippen molar-refractivity contribution in [3.63, 3.8) is 0 Å². The van der Waals surface area contributed by atoms with Crippen molar-refractivity contribution in [3.8, 4) is 23.0 Å². The molecule has 0 aliphatic carbocycles. The predicted molar refractivity (Wildman–Crippen MR) is 169 cm³/mol. The number of benzene rings is 3. The molecule has 3 aromatic carbocycles. The maximum Gasteiger partial charge on any atom is 3.00 e. The first-order chi connectivity index (χ1) is 22.3. The molecule has 1 radical (unpaired) electrons. The van der Waals surface area contributed by atoms with Gasteiger partial charge in [-0.3, -0.25) is 19.9 Å². The Labute approximate surface area is 304 Å². The number of non-ortho nitro benzene ring substituents is 1. The van der Waals surface area contributed by atoms with Crippen molar-refractivity contribution in [1.82, 2.24) is 10.6 Å². The van der Waals surface area contributed by atoms with E-state index in [4.69, 9.17) is 31.6 Å². The second-order valence-electron chi connectivity index (χ2n) is 10.00. The number of carbonyl (C=O) groups excluding carboxylic acids is 1. The van der Waals surface area contributed by atoms with Crippen LogP contribution >= 0.6 is 0 Å². The zero-order valence-electron chi connectivity index (χ0n) is 27.1. The van der Waals surface area contributed by atoms with Crippen LogP contribution in [0.3, 0.4) is 0 Å². The van der Waals surface area contributed by atoms with Gasteiger partial charge in [0.05, 0.1) is 24.1 Å². The van der Waals surface area contributed by atoms with Gasteiger partial charge in [-0.2, -0.15) is 0 Å². The fourth-order valence-corrected chi connectivity index (χ4v) is 3.82. The molecule has 0 aliphatic rings. The van der Waals surface area contributed by atoms with Crippen LogP contribution in [0.5, 0.6) is 23.0 Å². The molecule has 0 saturated carbocycles. The summed E-state index contributed by atoms with van der Waals surface area (Å²) in [5.74, 6) is -0.741. The molecule has 3 aromatic rings. The van der Waals surface area contributed by atoms with E-state index in [0.717, 1.165) is 19.2 Å². The van der Waals surface area contributed by atoms with Gasteiger partial charge in [0.15, 0.2) is 0 Å². The van der Waals surface area contributed by atoms with E-state index in [9.17, 15) is 30.2 Å². The van der Waals surface area contributed by atoms with Gasteiger partial charge in [0, 0.05) is 43.9 Å². The van der Waals surface area contributed by atoms with Gasteiger partial charge in [-0.05, 0) is 42.5 Å². The number of hydrogen-bond acceptors (Lipinski definition) is 10. The van der Waals surface area contributed by atoms with E-state index in [0.29, 0.717) is 48.9 Å². The summed E-state index contributed by atoms with van der Waals surface area (Å²) in [6, 6.07) is 15.4. The van der Waals surface area contributed by atoms with Crippen LogP contribution in [-0.2, 0) is 46.6 Å². The van der Waals surface area contributed by atoms with Gasteiger partial charge in [0.1, 0.15) is 11.5 Å². The smallest absolute Gasteiger partial charge is 0.870 e. The molecule has 17 nitrogen and oxygen atoms in total. The molecule has 0 fully saturated rings. The van der Waals surface area contributed by atoms with Crippen LogP contribution in [0.25, 0.3) is 31.9 Å². The number of carbonyl (C=O) groups is 1. The first-order valence-electron chi connectivity index (χ1n) is 14.0. The maximum absolute atomic E-state index is 12.3. The number of para-hydroxylation sites is 2. The van der Waals surface area contributed by atoms with Crippen molar-refractivity contribution in [3.05, 3.63) is 119 Å². The van der Waals surface area contributed by atoms with Crippen molar-refractivity contribution in [2.24, 2.45) is 5.41 Å². The molecule has 0 aromatic heterocycles. The minimum absolute atomic E-state index is 0. The van der Waals surface area contributed by atoms with Gasteiger partial charge in [0.25, 0.3) is 5.69 Å². The molecular weight excluding hydrogens is 732 g/mol. The molecule has 0 bridgehead atoms. The van der Waals surface area contributed by atoms with Crippen LogP contribution in [0, 0.1) is 15.5 Å². The topological polar surface area (TPSA) is 289 Å². The molecule has 0 aliphatic heterocycles. The Morgan fingerprint density at radius 1 is 0.816 bits per heavy atom. The molecule has 3 rings (SSSR count). The number of nitro benzene ring substituents is 1. The fourth-order valence-electron chi connectivity index (χ4n) is 3.82. The Hall–Kier alpha value is -4.72. The Morgan fingerprint density at radius 2 is 1.20 bits per heavy atom. The van der Waals surface area contributed by atoms with Crippen molar-refractivity contribution in [1.29, 1.82) is 0 Å². The van der Waals surface area contributed by atoms with Crippen molar-refractivity contribution < 1.29 is 68.1 Å². The second-order valence-corrected chi connectivity index (χ2v) is 10.00. The normalized spacial score (nSPS) is 9.39. The molecule has 0 saturated heterocycles. The summed E-state index contributed by atoms with van der Waals surface area (Å²) in [6.45, 7) is 11.4. The zero-order chi connectivity index (χ0) is 35.8. The van der Waals surface area contributed by atoms with Crippen molar-refractivity contribution >= 4 is 11.7 Å². The Kier molecular flexibility index (Phi) is 27.1. The third-order valence-electron chi connectivity index (χ3n) is 5.85. The Balaban J connectivity index is -0.000000879. The molecule has 0 atom stereocenters. The standard InChI is InChI=1S/C23H34N2O4.C7H5NO4.2Co.2N3/c1-5-28-19-11-7-9-17(21(19)26)13-24-15-23(3,4)16-25-14-18-10-8-12-20(22(18)27)29-6-2;9-7(10)5-2-1-3-6(4-5)8(11)12;;;2*1-3-2/h7-12,24-27H,5-6,13-16H2,1-4H3;1-4H,(H,9,10);;;;/q;;+2;+3;2*-1/p-3. The van der Waals surface area contributed by atoms with E-state index in [1.807, 2.05) is 38.1 Å². The van der Waals surface area contributed by atoms with Crippen LogP contribution in [-0.4, -0.2) is 37.2 Å². The van der Waals surface area contributed by atoms with Gasteiger partial charge in [-0.1, -0.05) is 61.7 Å². The SMILES string of the molecule is CCOc1cccc(CNCC(C)(C)CNCc2cccc(OCC)c2[O-])c1[O-].O=C([O-])c1cccc([N+](=O)[O-])c1.[Co+2].[Co+3].[N-]=[N+]=[N-].[N-]=[N+]=[N-]. The van der Waals surface area contributed by atoms with Crippen molar-refractivity contribution in [2.45, 2.75) is 40.8 Å². The molecule has 267 valence electrons. The molecule has 19 heteroatoms. The summed E-state index contributed by atoms with van der Waals surface area (Å²) in [5, 5.41) is 51.8. The summed E-state index contributed by atoms with van der Waals surface area (Å²) < 4.78 is 10.7. The van der Waals surface area contributed by atoms with Gasteiger partial charge in [-0.25, -0.2) is 0 Å². The maximum atomic E-state index is 12.3. The predicted octanol–water partition coefficient (Wildman–Crippen LogP) is 4.22. The first-order valence-corrected chi connectivity index (χ1v) is 14.0. The molecule has 0 unspecified atom stereocenters. The minimum atomic E-state index is -1.42. The van der Waals surface area contributed by atoms with Crippen LogP contribution in [0.1, 0.15) is 49.2 Å². The molecule has 49 heavy (non-hydrogen) atoms. The quantitative estimate of drug-likeness (QED) is 0.0773. The molecule has 0 amide bonds. The van der Waals surface area contributed by atoms with Crippen molar-refractivity contribution in [2.75, 3.05) is 26.3 Å². The number of rotatable bonds is 14. The van der Waals surface area contributed by atoms with E-state index in [-0.39, 0.29) is 61.7 Å². The summed E-state index contributed by atoms with van der Waals surface area (Å²) in [6.07, 6.45) is 0. The number of nitrogens with zero attached hydrogens (tertiary/aromatic N) is 7. The summed E-state index contributed by atoms with van der Waals surface area (Å²) >= 11 is 0. The first kappa shape index (κ1) is 48.7. The van der Waals surface area contributed by atoms with Gasteiger partial charge < -0.3 is 62.3 Å². The second kappa shape index (κ2) is 27.3. The average Bonchev–Trinajstić information content (AvgIpc) is 3.02. The minimum Gasteiger partial charge on any atom is -0.870 e. The monoisotopic (exact) mass is 768 g/mol. The number of nitro groups is 1. The van der Waals surface area contributed by atoms with Crippen LogP contribution in [0.15, 0.2) is 60.7 Å². The van der Waals surface area contributed by atoms with Crippen LogP contribution in [0.2, 0.25) is 0 Å². The fraction of sp³-hybridized carbons (Fsp3) is 0.367. The third-order valence-corrected chi connectivity index (χ3v) is 5.85. The van der Waals surface area contributed by atoms with E-state index in [2.05, 4.69) is 24.5 Å². The molecule has 0 spiro atoms. The zero-order valence-corrected chi connectivity index (χ0v) is 29.2. The summed E-state index contributed by atoms with van der Waals surface area (Å²) in [7, 11) is 0. The van der Waals surface area contributed by atoms with E-state index >= 15 is 0 Å². The van der Waals surface area contributed by atoms with Crippen LogP contribution < -0.4 is 35.4 Å². The largest absolute Gasteiger partial charge is 3.00 e. The van der Waals surface area contributed by atoms with E-state index in [1.54, 1.807) is 12.1 Å².